The summed E-state index contributed by atoms with van der Waals surface area (Å²) in [6, 6.07) is 6.45. The Kier molecular flexibility index (Phi) is 4.93. The first-order valence-electron chi connectivity index (χ1n) is 7.03. The van der Waals surface area contributed by atoms with Gasteiger partial charge in [-0.15, -0.1) is 0 Å². The van der Waals surface area contributed by atoms with Crippen LogP contribution in [0.5, 0.6) is 0 Å². The number of hydrogen-bond acceptors (Lipinski definition) is 3. The van der Waals surface area contributed by atoms with Gasteiger partial charge >= 0.3 is 5.97 Å². The molecule has 22 heavy (non-hydrogen) atoms. The number of anilines is 1. The van der Waals surface area contributed by atoms with Crippen LogP contribution in [-0.4, -0.2) is 29.9 Å². The van der Waals surface area contributed by atoms with Gasteiger partial charge in [0.25, 0.3) is 5.91 Å². The lowest BCUT2D eigenvalue weighted by Gasteiger charge is -2.24. The SMILES string of the molecule is CNC(=O)c1ccc(NC(=O)[C@@H]2CC=CC[C@H]2C(=O)O)cc1. The summed E-state index contributed by atoms with van der Waals surface area (Å²) >= 11 is 0. The molecule has 1 aliphatic rings. The van der Waals surface area contributed by atoms with Crippen molar-refractivity contribution in [2.45, 2.75) is 12.8 Å². The highest BCUT2D eigenvalue weighted by Crippen LogP contribution is 2.27. The Balaban J connectivity index is 2.06. The van der Waals surface area contributed by atoms with Gasteiger partial charge in [0.15, 0.2) is 0 Å². The summed E-state index contributed by atoms with van der Waals surface area (Å²) in [4.78, 5) is 34.9. The standard InChI is InChI=1S/C16H18N2O4/c1-17-14(19)10-6-8-11(9-7-10)18-15(20)12-4-2-3-5-13(12)16(21)22/h2-3,6-9,12-13H,4-5H2,1H3,(H,17,19)(H,18,20)(H,21,22)/t12-,13-/m1/s1. The van der Waals surface area contributed by atoms with Crippen molar-refractivity contribution < 1.29 is 19.5 Å². The van der Waals surface area contributed by atoms with Crippen molar-refractivity contribution in [3.63, 3.8) is 0 Å². The minimum Gasteiger partial charge on any atom is -0.481 e. The molecule has 0 unspecified atom stereocenters. The smallest absolute Gasteiger partial charge is 0.307 e. The van der Waals surface area contributed by atoms with E-state index in [-0.39, 0.29) is 11.8 Å². The predicted molar refractivity (Wildman–Crippen MR) is 81.5 cm³/mol. The molecule has 0 saturated carbocycles. The Hall–Kier alpha value is -2.63. The van der Waals surface area contributed by atoms with Gasteiger partial charge in [-0.1, -0.05) is 12.2 Å². The van der Waals surface area contributed by atoms with Gasteiger partial charge in [-0.3, -0.25) is 14.4 Å². The number of carbonyl (C=O) groups excluding carboxylic acids is 2. The highest BCUT2D eigenvalue weighted by Gasteiger charge is 2.33. The quantitative estimate of drug-likeness (QED) is 0.737. The number of carboxylic acids is 1. The summed E-state index contributed by atoms with van der Waals surface area (Å²) in [5.74, 6) is -2.76. The number of rotatable bonds is 4. The monoisotopic (exact) mass is 302 g/mol. The summed E-state index contributed by atoms with van der Waals surface area (Å²) in [7, 11) is 1.54. The molecule has 0 aromatic heterocycles. The number of allylic oxidation sites excluding steroid dienone is 2. The van der Waals surface area contributed by atoms with E-state index in [4.69, 9.17) is 0 Å². The third-order valence-electron chi connectivity index (χ3n) is 3.73. The van der Waals surface area contributed by atoms with Gasteiger partial charge < -0.3 is 15.7 Å². The molecule has 0 saturated heterocycles. The first-order chi connectivity index (χ1) is 10.5. The van der Waals surface area contributed by atoms with E-state index >= 15 is 0 Å². The average molecular weight is 302 g/mol. The van der Waals surface area contributed by atoms with Crippen molar-refractivity contribution in [2.75, 3.05) is 12.4 Å². The number of amides is 2. The molecule has 2 rings (SSSR count). The van der Waals surface area contributed by atoms with E-state index in [0.29, 0.717) is 24.1 Å². The van der Waals surface area contributed by atoms with Gasteiger partial charge in [-0.2, -0.15) is 0 Å². The van der Waals surface area contributed by atoms with Crippen LogP contribution in [0, 0.1) is 11.8 Å². The van der Waals surface area contributed by atoms with Crippen LogP contribution in [0.25, 0.3) is 0 Å². The van der Waals surface area contributed by atoms with E-state index in [1.807, 2.05) is 6.08 Å². The van der Waals surface area contributed by atoms with Crippen LogP contribution in [0.1, 0.15) is 23.2 Å². The van der Waals surface area contributed by atoms with E-state index in [1.54, 1.807) is 37.4 Å². The molecule has 0 fully saturated rings. The maximum atomic E-state index is 12.3. The fourth-order valence-corrected chi connectivity index (χ4v) is 2.46. The van der Waals surface area contributed by atoms with Crippen LogP contribution in [0.15, 0.2) is 36.4 Å². The summed E-state index contributed by atoms with van der Waals surface area (Å²) in [6.45, 7) is 0. The van der Waals surface area contributed by atoms with Crippen molar-refractivity contribution >= 4 is 23.5 Å². The molecule has 2 atom stereocenters. The lowest BCUT2D eigenvalue weighted by atomic mass is 9.82. The molecular weight excluding hydrogens is 284 g/mol. The molecule has 1 aromatic rings. The number of aliphatic carboxylic acids is 1. The van der Waals surface area contributed by atoms with Crippen LogP contribution in [0.3, 0.4) is 0 Å². The van der Waals surface area contributed by atoms with E-state index < -0.39 is 17.8 Å². The first kappa shape index (κ1) is 15.8. The molecule has 2 amide bonds. The molecule has 6 heteroatoms. The highest BCUT2D eigenvalue weighted by molar-refractivity contribution is 5.97. The van der Waals surface area contributed by atoms with Crippen LogP contribution >= 0.6 is 0 Å². The minimum atomic E-state index is -0.959. The third-order valence-corrected chi connectivity index (χ3v) is 3.73. The maximum Gasteiger partial charge on any atom is 0.307 e. The van der Waals surface area contributed by atoms with Gasteiger partial charge in [0.1, 0.15) is 0 Å². The number of hydrogen-bond donors (Lipinski definition) is 3. The first-order valence-corrected chi connectivity index (χ1v) is 7.03. The van der Waals surface area contributed by atoms with E-state index in [0.717, 1.165) is 0 Å². The van der Waals surface area contributed by atoms with Crippen molar-refractivity contribution in [1.82, 2.24) is 5.32 Å². The van der Waals surface area contributed by atoms with Gasteiger partial charge in [-0.05, 0) is 37.1 Å². The van der Waals surface area contributed by atoms with E-state index in [9.17, 15) is 19.5 Å². The number of benzene rings is 1. The topological polar surface area (TPSA) is 95.5 Å². The van der Waals surface area contributed by atoms with E-state index in [1.165, 1.54) is 0 Å². The summed E-state index contributed by atoms with van der Waals surface area (Å²) in [5.41, 5.74) is 1.03. The van der Waals surface area contributed by atoms with Crippen molar-refractivity contribution in [3.8, 4) is 0 Å². The second-order valence-corrected chi connectivity index (χ2v) is 5.14. The summed E-state index contributed by atoms with van der Waals surface area (Å²) in [5, 5.41) is 14.4. The minimum absolute atomic E-state index is 0.207. The highest BCUT2D eigenvalue weighted by atomic mass is 16.4. The van der Waals surface area contributed by atoms with Crippen molar-refractivity contribution in [2.24, 2.45) is 11.8 Å². The fourth-order valence-electron chi connectivity index (χ4n) is 2.46. The lowest BCUT2D eigenvalue weighted by Crippen LogP contribution is -2.34. The van der Waals surface area contributed by atoms with Gasteiger partial charge in [0.2, 0.25) is 5.91 Å². The molecule has 116 valence electrons. The zero-order valence-electron chi connectivity index (χ0n) is 12.2. The van der Waals surface area contributed by atoms with Crippen molar-refractivity contribution in [3.05, 3.63) is 42.0 Å². The summed E-state index contributed by atoms with van der Waals surface area (Å²) < 4.78 is 0. The van der Waals surface area contributed by atoms with Crippen LogP contribution < -0.4 is 10.6 Å². The zero-order chi connectivity index (χ0) is 16.1. The molecule has 1 aliphatic carbocycles. The van der Waals surface area contributed by atoms with Crippen LogP contribution in [0.4, 0.5) is 5.69 Å². The number of nitrogens with one attached hydrogen (secondary N) is 2. The Bertz CT molecular complexity index is 607. The van der Waals surface area contributed by atoms with Crippen molar-refractivity contribution in [1.29, 1.82) is 0 Å². The molecule has 1 aromatic carbocycles. The van der Waals surface area contributed by atoms with E-state index in [2.05, 4.69) is 10.6 Å². The predicted octanol–water partition coefficient (Wildman–Crippen LogP) is 1.65. The molecule has 3 N–H and O–H groups in total. The molecular formula is C16H18N2O4. The third kappa shape index (κ3) is 3.52. The van der Waals surface area contributed by atoms with Gasteiger partial charge in [-0.25, -0.2) is 0 Å². The molecule has 0 aliphatic heterocycles. The fraction of sp³-hybridized carbons (Fsp3) is 0.312. The largest absolute Gasteiger partial charge is 0.481 e. The molecule has 0 bridgehead atoms. The molecule has 0 radical (unpaired) electrons. The second kappa shape index (κ2) is 6.89. The Labute approximate surface area is 128 Å². The van der Waals surface area contributed by atoms with Gasteiger partial charge in [0.05, 0.1) is 11.8 Å². The molecule has 0 spiro atoms. The van der Waals surface area contributed by atoms with Crippen LogP contribution in [-0.2, 0) is 9.59 Å². The van der Waals surface area contributed by atoms with Crippen LogP contribution in [0.2, 0.25) is 0 Å². The number of carboxylic acid groups (broad SMARTS) is 1. The second-order valence-electron chi connectivity index (χ2n) is 5.14. The Morgan fingerprint density at radius 1 is 1.05 bits per heavy atom. The summed E-state index contributed by atoms with van der Waals surface area (Å²) in [6.07, 6.45) is 4.40. The Morgan fingerprint density at radius 3 is 2.18 bits per heavy atom. The average Bonchev–Trinajstić information content (AvgIpc) is 2.54. The van der Waals surface area contributed by atoms with Gasteiger partial charge in [0, 0.05) is 18.3 Å². The number of carbonyl (C=O) groups is 3. The molecule has 6 nitrogen and oxygen atoms in total. The normalized spacial score (nSPS) is 20.2. The Morgan fingerprint density at radius 2 is 1.64 bits per heavy atom. The zero-order valence-corrected chi connectivity index (χ0v) is 12.2. The molecule has 0 heterocycles. The lowest BCUT2D eigenvalue weighted by molar-refractivity contribution is -0.146. The maximum absolute atomic E-state index is 12.3.